The monoisotopic (exact) mass is 1490 g/mol. The molecule has 1 fully saturated rings. The van der Waals surface area contributed by atoms with Crippen molar-refractivity contribution < 1.29 is 175 Å². The summed E-state index contributed by atoms with van der Waals surface area (Å²) in [5.74, 6) is -19.9. The van der Waals surface area contributed by atoms with Crippen LogP contribution in [0.2, 0.25) is 0 Å². The van der Waals surface area contributed by atoms with E-state index in [0.717, 1.165) is 22.3 Å². The Hall–Kier alpha value is -7.05. The van der Waals surface area contributed by atoms with E-state index in [1.54, 1.807) is 67.6 Å². The minimum absolute atomic E-state index is 0.0373. The maximum atomic E-state index is 13.3. The van der Waals surface area contributed by atoms with Crippen LogP contribution in [0.25, 0.3) is 0 Å². The van der Waals surface area contributed by atoms with E-state index in [4.69, 9.17) is 14.2 Å². The molecule has 42 heteroatoms. The van der Waals surface area contributed by atoms with E-state index in [2.05, 4.69) is 14.2 Å². The summed E-state index contributed by atoms with van der Waals surface area (Å²) in [7, 11) is -18.3. The van der Waals surface area contributed by atoms with E-state index >= 15 is 0 Å². The number of alkyl halides is 18. The molecule has 1 aliphatic carbocycles. The molecule has 0 radical (unpaired) electrons. The molecule has 4 rings (SSSR count). The Bertz CT molecular complexity index is 3450. The van der Waals surface area contributed by atoms with E-state index in [0.29, 0.717) is 17.5 Å². The summed E-state index contributed by atoms with van der Waals surface area (Å²) in [5, 5.41) is 0. The Morgan fingerprint density at radius 2 is 0.722 bits per heavy atom. The van der Waals surface area contributed by atoms with Crippen molar-refractivity contribution in [3.05, 3.63) is 106 Å². The zero-order valence-corrected chi connectivity index (χ0v) is 52.7. The second kappa shape index (κ2) is 34.1. The van der Waals surface area contributed by atoms with Crippen LogP contribution in [0.5, 0.6) is 0 Å². The summed E-state index contributed by atoms with van der Waals surface area (Å²) in [6.07, 6.45) is -43.3. The Labute approximate surface area is 540 Å². The van der Waals surface area contributed by atoms with Gasteiger partial charge in [0.2, 0.25) is 0 Å². The lowest BCUT2D eigenvalue weighted by atomic mass is 9.82. The quantitative estimate of drug-likeness (QED) is 0.0312. The third kappa shape index (κ3) is 27.3. The second-order valence-electron chi connectivity index (χ2n) is 21.3. The Balaban J connectivity index is 0.000000496. The molecule has 97 heavy (non-hydrogen) atoms. The molecule has 0 N–H and O–H groups in total. The van der Waals surface area contributed by atoms with Crippen LogP contribution in [0.15, 0.2) is 72.8 Å². The molecule has 550 valence electrons. The van der Waals surface area contributed by atoms with Gasteiger partial charge in [0.05, 0.1) is 66.1 Å². The van der Waals surface area contributed by atoms with Gasteiger partial charge in [0.25, 0.3) is 0 Å². The molecule has 1 saturated carbocycles. The first-order chi connectivity index (χ1) is 43.9. The molecule has 0 spiro atoms. The minimum atomic E-state index is -6.44. The van der Waals surface area contributed by atoms with Crippen molar-refractivity contribution in [1.29, 1.82) is 0 Å². The first-order valence-corrected chi connectivity index (χ1v) is 32.1. The van der Waals surface area contributed by atoms with Crippen molar-refractivity contribution >= 4 is 66.2 Å². The van der Waals surface area contributed by atoms with Crippen molar-refractivity contribution in [2.75, 3.05) is 23.9 Å². The summed E-state index contributed by atoms with van der Waals surface area (Å²) in [5.41, 5.74) is -11.5. The number of aryl methyl sites for hydroxylation is 3. The standard InChI is InChI=1S/C20H22F6O7S.C18H20F6O7S.C17H18F6O7S/c1-12-2-4-13(5-3-12)10-32-16(27)14-6-8-15(9-7-14)17(28)33-18(19(21,22)23,20(24,25)26)11-34(29,30)31;1-12-5-7-13(8-6-12)9-10-30-14(25)3-2-4-15(26)31-16(17(19,20)21,18(22,23)24)11-32(27,28)29;1-11-5-2-3-6-12(11)9-29-13(24)7-4-8-14(25)30-15(16(18,19)20,17(21,22)23)10-31(26,27)28/h2-5,14-15H,6-11H2,1H3,(H,29,30,31);5-8H,2-4,9-11H2,1H3,(H,27,28,29);2-3,5-6H,4,7-10H2,1H3,(H,26,27,28)/p-3. The molecule has 0 aliphatic heterocycles. The summed E-state index contributed by atoms with van der Waals surface area (Å²) >= 11 is 0. The van der Waals surface area contributed by atoms with Gasteiger partial charge in [-0.05, 0) is 81.5 Å². The van der Waals surface area contributed by atoms with Gasteiger partial charge in [-0.2, -0.15) is 79.0 Å². The van der Waals surface area contributed by atoms with Crippen molar-refractivity contribution in [3.8, 4) is 0 Å². The first-order valence-electron chi connectivity index (χ1n) is 27.4. The van der Waals surface area contributed by atoms with Gasteiger partial charge in [0.1, 0.15) is 13.2 Å². The van der Waals surface area contributed by atoms with Crippen LogP contribution < -0.4 is 0 Å². The first kappa shape index (κ1) is 86.0. The van der Waals surface area contributed by atoms with E-state index < -0.39 is 188 Å². The van der Waals surface area contributed by atoms with Crippen LogP contribution in [-0.4, -0.2) is 152 Å². The molecule has 0 unspecified atom stereocenters. The SMILES string of the molecule is Cc1ccc(CCOC(=O)CCCC(=O)OC(CS(=O)(=O)[O-])(C(F)(F)F)C(F)(F)F)cc1.Cc1ccc(COC(=O)C2CCC(C(=O)OC(CS(=O)(=O)[O-])(C(F)(F)F)C(F)(F)F)CC2)cc1.Cc1ccccc1COC(=O)CCCC(=O)OC(CS(=O)(=O)[O-])(C(F)(F)F)C(F)(F)F. The van der Waals surface area contributed by atoms with Crippen molar-refractivity contribution in [2.24, 2.45) is 11.8 Å². The van der Waals surface area contributed by atoms with E-state index in [1.807, 2.05) is 26.0 Å². The fraction of sp³-hybridized carbons (Fsp3) is 0.564. The molecule has 21 nitrogen and oxygen atoms in total. The minimum Gasteiger partial charge on any atom is -0.748 e. The Morgan fingerprint density at radius 3 is 1.07 bits per heavy atom. The van der Waals surface area contributed by atoms with Gasteiger partial charge < -0.3 is 42.1 Å². The highest BCUT2D eigenvalue weighted by Crippen LogP contribution is 2.50. The highest BCUT2D eigenvalue weighted by molar-refractivity contribution is 7.86. The van der Waals surface area contributed by atoms with Gasteiger partial charge in [-0.1, -0.05) is 83.9 Å². The molecule has 0 heterocycles. The summed E-state index contributed by atoms with van der Waals surface area (Å²) in [6, 6.07) is 21.2. The normalized spacial score (nSPS) is 15.5. The lowest BCUT2D eigenvalue weighted by Gasteiger charge is -2.38. The van der Waals surface area contributed by atoms with Gasteiger partial charge in [-0.15, -0.1) is 0 Å². The maximum absolute atomic E-state index is 13.3. The molecule has 0 saturated heterocycles. The number of carbonyl (C=O) groups is 6. The fourth-order valence-electron chi connectivity index (χ4n) is 8.29. The topological polar surface area (TPSA) is 329 Å². The third-order valence-corrected chi connectivity index (χ3v) is 15.9. The van der Waals surface area contributed by atoms with Crippen molar-refractivity contribution in [1.82, 2.24) is 0 Å². The molecule has 0 bridgehead atoms. The number of hydrogen-bond donors (Lipinski definition) is 0. The van der Waals surface area contributed by atoms with Gasteiger partial charge in [0.15, 0.2) is 0 Å². The van der Waals surface area contributed by atoms with E-state index in [-0.39, 0.29) is 45.5 Å². The van der Waals surface area contributed by atoms with Gasteiger partial charge >= 0.3 is 89.7 Å². The Kier molecular flexibility index (Phi) is 30.3. The number of benzene rings is 3. The third-order valence-electron chi connectivity index (χ3n) is 13.6. The predicted molar refractivity (Wildman–Crippen MR) is 287 cm³/mol. The van der Waals surface area contributed by atoms with Crippen molar-refractivity contribution in [2.45, 2.75) is 158 Å². The van der Waals surface area contributed by atoms with Gasteiger partial charge in [0, 0.05) is 32.1 Å². The lowest BCUT2D eigenvalue weighted by Crippen LogP contribution is -2.64. The Morgan fingerprint density at radius 1 is 0.402 bits per heavy atom. The molecular weight excluding hydrogens is 1430 g/mol. The smallest absolute Gasteiger partial charge is 0.438 e. The highest BCUT2D eigenvalue weighted by atomic mass is 32.2. The van der Waals surface area contributed by atoms with Crippen LogP contribution in [0, 0.1) is 32.6 Å². The van der Waals surface area contributed by atoms with Crippen LogP contribution in [0.3, 0.4) is 0 Å². The van der Waals surface area contributed by atoms with E-state index in [1.165, 1.54) is 0 Å². The number of ether oxygens (including phenoxy) is 6. The lowest BCUT2D eigenvalue weighted by molar-refractivity contribution is -0.362. The number of hydrogen-bond acceptors (Lipinski definition) is 21. The molecular formula is C55H57F18O21S3-3. The number of carbonyl (C=O) groups excluding carboxylic acids is 6. The molecule has 1 aliphatic rings. The highest BCUT2D eigenvalue weighted by Gasteiger charge is 2.77. The molecule has 3 aromatic carbocycles. The maximum Gasteiger partial charge on any atom is 0.438 e. The van der Waals surface area contributed by atoms with E-state index in [9.17, 15) is 147 Å². The van der Waals surface area contributed by atoms with Gasteiger partial charge in [-0.3, -0.25) is 28.8 Å². The molecule has 0 atom stereocenters. The molecule has 0 amide bonds. The average molecular weight is 1490 g/mol. The van der Waals surface area contributed by atoms with Crippen LogP contribution in [-0.2, 0) is 107 Å². The van der Waals surface area contributed by atoms with Crippen LogP contribution in [0.1, 0.15) is 97.6 Å². The van der Waals surface area contributed by atoms with Crippen LogP contribution >= 0.6 is 0 Å². The zero-order valence-electron chi connectivity index (χ0n) is 50.2. The summed E-state index contributed by atoms with van der Waals surface area (Å²) < 4.78 is 358. The number of esters is 6. The van der Waals surface area contributed by atoms with Gasteiger partial charge in [-0.25, -0.2) is 25.3 Å². The average Bonchev–Trinajstić information content (AvgIpc) is 0.762. The zero-order chi connectivity index (χ0) is 74.8. The molecule has 0 aromatic heterocycles. The summed E-state index contributed by atoms with van der Waals surface area (Å²) in [6.45, 7) is 5.27. The van der Waals surface area contributed by atoms with Crippen LogP contribution in [0.4, 0.5) is 79.0 Å². The largest absolute Gasteiger partial charge is 0.748 e. The second-order valence-corrected chi connectivity index (χ2v) is 25.5. The number of halogens is 18. The predicted octanol–water partition coefficient (Wildman–Crippen LogP) is 10.2. The number of rotatable bonds is 26. The fourth-order valence-corrected chi connectivity index (χ4v) is 10.9. The van der Waals surface area contributed by atoms with Crippen molar-refractivity contribution in [3.63, 3.8) is 0 Å². The summed E-state index contributed by atoms with van der Waals surface area (Å²) in [4.78, 5) is 70.8. The molecule has 3 aromatic rings.